The van der Waals surface area contributed by atoms with Gasteiger partial charge in [-0.2, -0.15) is 0 Å². The van der Waals surface area contributed by atoms with E-state index in [4.69, 9.17) is 16.3 Å². The Morgan fingerprint density at radius 3 is 2.74 bits per heavy atom. The maximum absolute atomic E-state index is 12.3. The lowest BCUT2D eigenvalue weighted by Crippen LogP contribution is -2.39. The molecule has 7 heteroatoms. The lowest BCUT2D eigenvalue weighted by molar-refractivity contribution is -0.120. The predicted octanol–water partition coefficient (Wildman–Crippen LogP) is 3.82. The first-order chi connectivity index (χ1) is 13.1. The van der Waals surface area contributed by atoms with Gasteiger partial charge in [0.1, 0.15) is 5.75 Å². The van der Waals surface area contributed by atoms with Gasteiger partial charge in [0, 0.05) is 21.2 Å². The van der Waals surface area contributed by atoms with Crippen LogP contribution in [0.4, 0.5) is 0 Å². The number of thioether (sulfide) groups is 1. The predicted molar refractivity (Wildman–Crippen MR) is 108 cm³/mol. The van der Waals surface area contributed by atoms with Crippen LogP contribution in [0.1, 0.15) is 35.3 Å². The second-order valence-electron chi connectivity index (χ2n) is 6.08. The first-order valence-electron chi connectivity index (χ1n) is 8.79. The normalized spacial score (nSPS) is 15.6. The second-order valence-corrected chi connectivity index (χ2v) is 7.65. The minimum absolute atomic E-state index is 0.0778. The first-order valence-corrected chi connectivity index (χ1v) is 10.2. The van der Waals surface area contributed by atoms with Gasteiger partial charge in [0.2, 0.25) is 5.91 Å². The SMILES string of the molecule is CCOc1ccc(C(=O)NCC(=O)NC2CCSc3ccc(Cl)cc32)cc1. The Hall–Kier alpha value is -2.18. The molecule has 3 rings (SSSR count). The summed E-state index contributed by atoms with van der Waals surface area (Å²) in [6.07, 6.45) is 0.830. The van der Waals surface area contributed by atoms with Crippen molar-refractivity contribution in [2.45, 2.75) is 24.3 Å². The monoisotopic (exact) mass is 404 g/mol. The fraction of sp³-hybridized carbons (Fsp3) is 0.300. The van der Waals surface area contributed by atoms with Crippen LogP contribution in [0.3, 0.4) is 0 Å². The van der Waals surface area contributed by atoms with E-state index in [9.17, 15) is 9.59 Å². The highest BCUT2D eigenvalue weighted by Crippen LogP contribution is 2.37. The van der Waals surface area contributed by atoms with Crippen molar-refractivity contribution in [3.63, 3.8) is 0 Å². The summed E-state index contributed by atoms with van der Waals surface area (Å²) >= 11 is 7.85. The van der Waals surface area contributed by atoms with Crippen molar-refractivity contribution in [2.75, 3.05) is 18.9 Å². The van der Waals surface area contributed by atoms with Crippen LogP contribution < -0.4 is 15.4 Å². The number of halogens is 1. The van der Waals surface area contributed by atoms with E-state index in [-0.39, 0.29) is 24.4 Å². The minimum Gasteiger partial charge on any atom is -0.494 e. The molecule has 0 bridgehead atoms. The third kappa shape index (κ3) is 5.17. The Kier molecular flexibility index (Phi) is 6.63. The van der Waals surface area contributed by atoms with E-state index in [1.807, 2.05) is 25.1 Å². The van der Waals surface area contributed by atoms with Crippen molar-refractivity contribution < 1.29 is 14.3 Å². The van der Waals surface area contributed by atoms with Crippen LogP contribution in [0.25, 0.3) is 0 Å². The van der Waals surface area contributed by atoms with Gasteiger partial charge in [-0.1, -0.05) is 11.6 Å². The van der Waals surface area contributed by atoms with Crippen LogP contribution in [0.15, 0.2) is 47.4 Å². The van der Waals surface area contributed by atoms with Crippen LogP contribution >= 0.6 is 23.4 Å². The molecule has 1 aliphatic rings. The Morgan fingerprint density at radius 2 is 2.00 bits per heavy atom. The number of carbonyl (C=O) groups is 2. The highest BCUT2D eigenvalue weighted by atomic mass is 35.5. The first kappa shape index (κ1) is 19.6. The zero-order valence-electron chi connectivity index (χ0n) is 15.0. The van der Waals surface area contributed by atoms with Crippen molar-refractivity contribution >= 4 is 35.2 Å². The standard InChI is InChI=1S/C20H21ClN2O3S/c1-2-26-15-6-3-13(4-7-15)20(25)22-12-19(24)23-17-9-10-27-18-8-5-14(21)11-16(17)18/h3-8,11,17H,2,9-10,12H2,1H3,(H,22,25)(H,23,24). The molecule has 0 aromatic heterocycles. The number of nitrogens with one attached hydrogen (secondary N) is 2. The topological polar surface area (TPSA) is 67.4 Å². The van der Waals surface area contributed by atoms with E-state index < -0.39 is 0 Å². The summed E-state index contributed by atoms with van der Waals surface area (Å²) in [6, 6.07) is 12.5. The largest absolute Gasteiger partial charge is 0.494 e. The molecule has 2 aromatic rings. The molecule has 0 spiro atoms. The van der Waals surface area contributed by atoms with E-state index in [2.05, 4.69) is 10.6 Å². The van der Waals surface area contributed by atoms with Gasteiger partial charge in [0.15, 0.2) is 0 Å². The number of hydrogen-bond donors (Lipinski definition) is 2. The number of hydrogen-bond acceptors (Lipinski definition) is 4. The third-order valence-corrected chi connectivity index (χ3v) is 5.54. The van der Waals surface area contributed by atoms with E-state index in [0.717, 1.165) is 22.6 Å². The van der Waals surface area contributed by atoms with Crippen molar-refractivity contribution in [1.82, 2.24) is 10.6 Å². The molecule has 0 fully saturated rings. The number of rotatable bonds is 6. The minimum atomic E-state index is -0.296. The summed E-state index contributed by atoms with van der Waals surface area (Å²) in [5, 5.41) is 6.29. The van der Waals surface area contributed by atoms with Gasteiger partial charge in [0.05, 0.1) is 19.2 Å². The molecule has 2 amide bonds. The molecule has 1 atom stereocenters. The molecule has 1 aliphatic heterocycles. The zero-order valence-corrected chi connectivity index (χ0v) is 16.5. The van der Waals surface area contributed by atoms with E-state index in [0.29, 0.717) is 22.9 Å². The van der Waals surface area contributed by atoms with Gasteiger partial charge in [-0.05, 0) is 61.4 Å². The van der Waals surface area contributed by atoms with Crippen molar-refractivity contribution in [3.8, 4) is 5.75 Å². The molecule has 1 unspecified atom stereocenters. The van der Waals surface area contributed by atoms with Crippen LogP contribution in [-0.2, 0) is 4.79 Å². The molecule has 0 aliphatic carbocycles. The maximum atomic E-state index is 12.3. The number of amides is 2. The molecular formula is C20H21ClN2O3S. The smallest absolute Gasteiger partial charge is 0.251 e. The molecule has 142 valence electrons. The van der Waals surface area contributed by atoms with E-state index in [1.165, 1.54) is 0 Å². The van der Waals surface area contributed by atoms with Crippen LogP contribution in [-0.4, -0.2) is 30.7 Å². The fourth-order valence-electron chi connectivity index (χ4n) is 2.89. The Labute approximate surface area is 167 Å². The third-order valence-electron chi connectivity index (χ3n) is 4.18. The van der Waals surface area contributed by atoms with Gasteiger partial charge in [-0.25, -0.2) is 0 Å². The lowest BCUT2D eigenvalue weighted by atomic mass is 10.0. The van der Waals surface area contributed by atoms with Crippen molar-refractivity contribution in [3.05, 3.63) is 58.6 Å². The van der Waals surface area contributed by atoms with Gasteiger partial charge in [-0.3, -0.25) is 9.59 Å². The summed E-state index contributed by atoms with van der Waals surface area (Å²) in [5.74, 6) is 1.12. The Bertz CT molecular complexity index is 826. The van der Waals surface area contributed by atoms with Crippen LogP contribution in [0.5, 0.6) is 5.75 Å². The molecule has 0 saturated heterocycles. The molecule has 0 saturated carbocycles. The zero-order chi connectivity index (χ0) is 19.2. The molecule has 0 radical (unpaired) electrons. The quantitative estimate of drug-likeness (QED) is 0.768. The molecule has 2 aromatic carbocycles. The summed E-state index contributed by atoms with van der Waals surface area (Å²) in [5.41, 5.74) is 1.52. The van der Waals surface area contributed by atoms with Crippen molar-refractivity contribution in [1.29, 1.82) is 0 Å². The van der Waals surface area contributed by atoms with Gasteiger partial charge in [0.25, 0.3) is 5.91 Å². The fourth-order valence-corrected chi connectivity index (χ4v) is 4.18. The Balaban J connectivity index is 1.54. The lowest BCUT2D eigenvalue weighted by Gasteiger charge is -2.26. The van der Waals surface area contributed by atoms with Gasteiger partial charge >= 0.3 is 0 Å². The average molecular weight is 405 g/mol. The van der Waals surface area contributed by atoms with Crippen LogP contribution in [0.2, 0.25) is 5.02 Å². The Morgan fingerprint density at radius 1 is 1.22 bits per heavy atom. The molecule has 5 nitrogen and oxygen atoms in total. The summed E-state index contributed by atoms with van der Waals surface area (Å²) in [6.45, 7) is 2.39. The number of fused-ring (bicyclic) bond motifs is 1. The van der Waals surface area contributed by atoms with Gasteiger partial charge < -0.3 is 15.4 Å². The number of carbonyl (C=O) groups excluding carboxylic acids is 2. The average Bonchev–Trinajstić information content (AvgIpc) is 2.67. The van der Waals surface area contributed by atoms with Gasteiger partial charge in [-0.15, -0.1) is 11.8 Å². The number of ether oxygens (including phenoxy) is 1. The van der Waals surface area contributed by atoms with Crippen LogP contribution in [0, 0.1) is 0 Å². The number of benzene rings is 2. The van der Waals surface area contributed by atoms with E-state index >= 15 is 0 Å². The maximum Gasteiger partial charge on any atom is 0.251 e. The molecule has 1 heterocycles. The highest BCUT2D eigenvalue weighted by Gasteiger charge is 2.22. The molecule has 27 heavy (non-hydrogen) atoms. The molecular weight excluding hydrogens is 384 g/mol. The summed E-state index contributed by atoms with van der Waals surface area (Å²) in [4.78, 5) is 25.6. The van der Waals surface area contributed by atoms with E-state index in [1.54, 1.807) is 36.0 Å². The highest BCUT2D eigenvalue weighted by molar-refractivity contribution is 7.99. The van der Waals surface area contributed by atoms with Crippen molar-refractivity contribution in [2.24, 2.45) is 0 Å². The molecule has 2 N–H and O–H groups in total. The second kappa shape index (κ2) is 9.15. The summed E-state index contributed by atoms with van der Waals surface area (Å²) < 4.78 is 5.35. The summed E-state index contributed by atoms with van der Waals surface area (Å²) in [7, 11) is 0.